The summed E-state index contributed by atoms with van der Waals surface area (Å²) in [5.41, 5.74) is 7.73. The van der Waals surface area contributed by atoms with Crippen molar-refractivity contribution in [1.29, 1.82) is 0 Å². The number of aromatic nitrogens is 2. The first kappa shape index (κ1) is 17.8. The van der Waals surface area contributed by atoms with Crippen LogP contribution in [0.2, 0.25) is 0 Å². The van der Waals surface area contributed by atoms with Crippen molar-refractivity contribution < 1.29 is 22.4 Å². The Morgan fingerprint density at radius 1 is 1.33 bits per heavy atom. The standard InChI is InChI=1S/C17H14F4N4OS/c18-9-1-2-13-12(5-9)11-3-4-24(16(22)26)8-14(11)25(13)7-10-6-23-15(27-10)17(19,20)21/h1-2,5-6H,3-4,7-8H2,(H2,22,26). The molecule has 0 fully saturated rings. The molecule has 2 N–H and O–H groups in total. The molecule has 2 aromatic heterocycles. The summed E-state index contributed by atoms with van der Waals surface area (Å²) < 4.78 is 54.1. The molecule has 1 aliphatic heterocycles. The number of carbonyl (C=O) groups is 1. The predicted octanol–water partition coefficient (Wildman–Crippen LogP) is 3.74. The number of carbonyl (C=O) groups excluding carboxylic acids is 1. The van der Waals surface area contributed by atoms with Gasteiger partial charge in [0.25, 0.3) is 0 Å². The second kappa shape index (κ2) is 6.22. The van der Waals surface area contributed by atoms with Gasteiger partial charge in [-0.2, -0.15) is 13.2 Å². The van der Waals surface area contributed by atoms with Crippen LogP contribution in [0.1, 0.15) is 21.1 Å². The lowest BCUT2D eigenvalue weighted by Crippen LogP contribution is -2.40. The molecule has 0 spiro atoms. The van der Waals surface area contributed by atoms with E-state index in [1.165, 1.54) is 23.2 Å². The molecule has 142 valence electrons. The first-order chi connectivity index (χ1) is 12.7. The van der Waals surface area contributed by atoms with Crippen LogP contribution in [0.25, 0.3) is 10.9 Å². The molecule has 3 heterocycles. The lowest BCUT2D eigenvalue weighted by atomic mass is 10.0. The van der Waals surface area contributed by atoms with E-state index in [1.807, 2.05) is 4.57 Å². The maximum absolute atomic E-state index is 13.8. The third kappa shape index (κ3) is 3.14. The largest absolute Gasteiger partial charge is 0.443 e. The maximum atomic E-state index is 13.8. The van der Waals surface area contributed by atoms with Crippen molar-refractivity contribution in [1.82, 2.24) is 14.5 Å². The second-order valence-corrected chi connectivity index (χ2v) is 7.43. The minimum atomic E-state index is -4.49. The van der Waals surface area contributed by atoms with Crippen LogP contribution in [0.5, 0.6) is 0 Å². The van der Waals surface area contributed by atoms with Crippen LogP contribution in [-0.4, -0.2) is 27.0 Å². The van der Waals surface area contributed by atoms with Crippen molar-refractivity contribution >= 4 is 28.3 Å². The molecule has 0 bridgehead atoms. The SMILES string of the molecule is NC(=O)N1CCc2c(n(Cc3cnc(C(F)(F)F)s3)c3ccc(F)cc23)C1. The van der Waals surface area contributed by atoms with Crippen LogP contribution in [-0.2, 0) is 25.7 Å². The third-order valence-electron chi connectivity index (χ3n) is 4.64. The molecule has 0 unspecified atom stereocenters. The van der Waals surface area contributed by atoms with E-state index >= 15 is 0 Å². The summed E-state index contributed by atoms with van der Waals surface area (Å²) in [5.74, 6) is -0.392. The molecule has 10 heteroatoms. The van der Waals surface area contributed by atoms with Crippen LogP contribution in [0.15, 0.2) is 24.4 Å². The summed E-state index contributed by atoms with van der Waals surface area (Å²) in [5, 5.41) is -0.206. The van der Waals surface area contributed by atoms with E-state index < -0.39 is 23.0 Å². The topological polar surface area (TPSA) is 64.2 Å². The normalized spacial score (nSPS) is 14.6. The number of fused-ring (bicyclic) bond motifs is 3. The molecule has 2 amide bonds. The number of nitrogens with two attached hydrogens (primary N) is 1. The Bertz CT molecular complexity index is 1040. The van der Waals surface area contributed by atoms with E-state index in [2.05, 4.69) is 4.98 Å². The van der Waals surface area contributed by atoms with Crippen molar-refractivity contribution in [3.63, 3.8) is 0 Å². The molecule has 27 heavy (non-hydrogen) atoms. The summed E-state index contributed by atoms with van der Waals surface area (Å²) >= 11 is 0.571. The van der Waals surface area contributed by atoms with Crippen LogP contribution >= 0.6 is 11.3 Å². The molecular formula is C17H14F4N4OS. The number of benzene rings is 1. The average Bonchev–Trinajstić information content (AvgIpc) is 3.18. The van der Waals surface area contributed by atoms with E-state index in [9.17, 15) is 22.4 Å². The first-order valence-electron chi connectivity index (χ1n) is 8.10. The molecule has 0 aliphatic carbocycles. The minimum Gasteiger partial charge on any atom is -0.351 e. The highest BCUT2D eigenvalue weighted by atomic mass is 32.1. The highest BCUT2D eigenvalue weighted by molar-refractivity contribution is 7.11. The van der Waals surface area contributed by atoms with Gasteiger partial charge in [-0.15, -0.1) is 11.3 Å². The Labute approximate surface area is 155 Å². The molecule has 1 aliphatic rings. The van der Waals surface area contributed by atoms with Crippen molar-refractivity contribution in [2.45, 2.75) is 25.7 Å². The number of primary amides is 1. The molecule has 4 rings (SSSR count). The summed E-state index contributed by atoms with van der Waals surface area (Å²) in [4.78, 5) is 16.9. The fourth-order valence-electron chi connectivity index (χ4n) is 3.45. The van der Waals surface area contributed by atoms with Gasteiger partial charge >= 0.3 is 12.2 Å². The van der Waals surface area contributed by atoms with Gasteiger partial charge in [0.05, 0.1) is 13.1 Å². The van der Waals surface area contributed by atoms with E-state index in [4.69, 9.17) is 5.73 Å². The Morgan fingerprint density at radius 2 is 2.11 bits per heavy atom. The van der Waals surface area contributed by atoms with Crippen molar-refractivity contribution in [2.24, 2.45) is 5.73 Å². The van der Waals surface area contributed by atoms with Gasteiger partial charge in [0.2, 0.25) is 0 Å². The Hall–Kier alpha value is -2.62. The number of amides is 2. The highest BCUT2D eigenvalue weighted by Crippen LogP contribution is 2.35. The number of hydrogen-bond acceptors (Lipinski definition) is 3. The number of hydrogen-bond donors (Lipinski definition) is 1. The van der Waals surface area contributed by atoms with Crippen LogP contribution in [0.3, 0.4) is 0 Å². The average molecular weight is 398 g/mol. The van der Waals surface area contributed by atoms with Gasteiger partial charge in [0, 0.05) is 34.2 Å². The van der Waals surface area contributed by atoms with E-state index in [1.54, 1.807) is 6.07 Å². The number of urea groups is 1. The fourth-order valence-corrected chi connectivity index (χ4v) is 4.22. The fraction of sp³-hybridized carbons (Fsp3) is 0.294. The number of halogens is 4. The molecule has 0 radical (unpaired) electrons. The smallest absolute Gasteiger partial charge is 0.351 e. The molecule has 0 saturated carbocycles. The zero-order chi connectivity index (χ0) is 19.3. The van der Waals surface area contributed by atoms with Gasteiger partial charge in [0.1, 0.15) is 5.82 Å². The van der Waals surface area contributed by atoms with Gasteiger partial charge in [0.15, 0.2) is 5.01 Å². The number of nitrogens with zero attached hydrogens (tertiary/aromatic N) is 3. The molecule has 0 saturated heterocycles. The predicted molar refractivity (Wildman–Crippen MR) is 91.8 cm³/mol. The Morgan fingerprint density at radius 3 is 2.78 bits per heavy atom. The van der Waals surface area contributed by atoms with Gasteiger partial charge in [-0.05, 0) is 30.2 Å². The van der Waals surface area contributed by atoms with Crippen molar-refractivity contribution in [3.8, 4) is 0 Å². The van der Waals surface area contributed by atoms with Crippen LogP contribution in [0, 0.1) is 5.82 Å². The van der Waals surface area contributed by atoms with Crippen LogP contribution in [0.4, 0.5) is 22.4 Å². The molecule has 1 aromatic carbocycles. The number of thiazole rings is 1. The number of alkyl halides is 3. The molecular weight excluding hydrogens is 384 g/mol. The lowest BCUT2D eigenvalue weighted by Gasteiger charge is -2.27. The zero-order valence-electron chi connectivity index (χ0n) is 13.9. The van der Waals surface area contributed by atoms with E-state index in [0.717, 1.165) is 11.3 Å². The summed E-state index contributed by atoms with van der Waals surface area (Å²) in [7, 11) is 0. The zero-order valence-corrected chi connectivity index (χ0v) is 14.7. The van der Waals surface area contributed by atoms with Gasteiger partial charge in [-0.25, -0.2) is 14.2 Å². The second-order valence-electron chi connectivity index (χ2n) is 6.31. The first-order valence-corrected chi connectivity index (χ1v) is 8.91. The number of rotatable bonds is 2. The molecule has 3 aromatic rings. The third-order valence-corrected chi connectivity index (χ3v) is 5.67. The van der Waals surface area contributed by atoms with E-state index in [-0.39, 0.29) is 13.1 Å². The minimum absolute atomic E-state index is 0.151. The maximum Gasteiger partial charge on any atom is 0.443 e. The molecule has 5 nitrogen and oxygen atoms in total. The Kier molecular flexibility index (Phi) is 4.10. The van der Waals surface area contributed by atoms with Crippen molar-refractivity contribution in [2.75, 3.05) is 6.54 Å². The van der Waals surface area contributed by atoms with E-state index in [0.29, 0.717) is 40.1 Å². The lowest BCUT2D eigenvalue weighted by molar-refractivity contribution is -0.137. The quantitative estimate of drug-likeness (QED) is 0.669. The van der Waals surface area contributed by atoms with Gasteiger partial charge in [-0.3, -0.25) is 0 Å². The summed E-state index contributed by atoms with van der Waals surface area (Å²) in [6.45, 7) is 0.792. The Balaban J connectivity index is 1.81. The summed E-state index contributed by atoms with van der Waals surface area (Å²) in [6, 6.07) is 3.76. The van der Waals surface area contributed by atoms with Gasteiger partial charge in [-0.1, -0.05) is 0 Å². The van der Waals surface area contributed by atoms with Gasteiger partial charge < -0.3 is 15.2 Å². The van der Waals surface area contributed by atoms with Crippen LogP contribution < -0.4 is 5.73 Å². The summed E-state index contributed by atoms with van der Waals surface area (Å²) in [6.07, 6.45) is -2.79. The van der Waals surface area contributed by atoms with Crippen molar-refractivity contribution in [3.05, 3.63) is 51.4 Å². The monoisotopic (exact) mass is 398 g/mol. The molecule has 0 atom stereocenters. The highest BCUT2D eigenvalue weighted by Gasteiger charge is 2.35.